The van der Waals surface area contributed by atoms with Gasteiger partial charge in [-0.3, -0.25) is 19.0 Å². The number of aryl methyl sites for hydroxylation is 1. The lowest BCUT2D eigenvalue weighted by molar-refractivity contribution is 0.0944. The SMILES string of the molecule is CCn1nc(C(=O)N=NC(=O)c2ccc3c(O)n(C)c(O)c3c2)c2ccccc2c1=O. The minimum atomic E-state index is -0.868. The maximum absolute atomic E-state index is 12.6. The van der Waals surface area contributed by atoms with Gasteiger partial charge in [-0.15, -0.1) is 10.2 Å². The van der Waals surface area contributed by atoms with Gasteiger partial charge in [-0.1, -0.05) is 18.2 Å². The molecule has 2 amide bonds. The van der Waals surface area contributed by atoms with Crippen molar-refractivity contribution in [2.45, 2.75) is 13.5 Å². The lowest BCUT2D eigenvalue weighted by atomic mass is 10.1. The van der Waals surface area contributed by atoms with Crippen LogP contribution in [0.5, 0.6) is 11.8 Å². The quantitative estimate of drug-likeness (QED) is 0.490. The molecule has 4 rings (SSSR count). The number of hydrogen-bond donors (Lipinski definition) is 2. The van der Waals surface area contributed by atoms with E-state index in [0.717, 1.165) is 4.68 Å². The fraction of sp³-hybridized carbons (Fsp3) is 0.143. The summed E-state index contributed by atoms with van der Waals surface area (Å²) in [5.41, 5.74) is -0.349. The number of aromatic nitrogens is 3. The van der Waals surface area contributed by atoms with Crippen molar-refractivity contribution in [1.29, 1.82) is 0 Å². The van der Waals surface area contributed by atoms with Crippen LogP contribution in [0.25, 0.3) is 21.5 Å². The van der Waals surface area contributed by atoms with E-state index in [0.29, 0.717) is 16.2 Å². The molecule has 2 heterocycles. The molecule has 0 spiro atoms. The van der Waals surface area contributed by atoms with E-state index < -0.39 is 11.8 Å². The standard InChI is InChI=1S/C21H17N5O5/c1-3-26-21(31)13-7-5-4-6-12(13)16(24-26)18(28)23-22-17(27)11-8-9-14-15(10-11)20(30)25(2)19(14)29/h4-10,29-30H,3H2,1-2H3. The summed E-state index contributed by atoms with van der Waals surface area (Å²) in [7, 11) is 1.47. The first-order chi connectivity index (χ1) is 14.8. The Balaban J connectivity index is 1.69. The molecule has 2 aromatic heterocycles. The van der Waals surface area contributed by atoms with Crippen LogP contribution in [-0.4, -0.2) is 36.4 Å². The fourth-order valence-electron chi connectivity index (χ4n) is 3.32. The highest BCUT2D eigenvalue weighted by atomic mass is 16.3. The average Bonchev–Trinajstić information content (AvgIpc) is 3.01. The smallest absolute Gasteiger partial charge is 0.316 e. The van der Waals surface area contributed by atoms with E-state index in [-0.39, 0.29) is 40.5 Å². The second-order valence-corrected chi connectivity index (χ2v) is 6.79. The number of carbonyl (C=O) groups excluding carboxylic acids is 2. The Kier molecular flexibility index (Phi) is 4.82. The number of nitrogens with zero attached hydrogens (tertiary/aromatic N) is 5. The summed E-state index contributed by atoms with van der Waals surface area (Å²) in [4.78, 5) is 37.4. The summed E-state index contributed by atoms with van der Waals surface area (Å²) in [5.74, 6) is -2.04. The lowest BCUT2D eigenvalue weighted by Gasteiger charge is -2.06. The molecule has 2 N–H and O–H groups in total. The number of benzene rings is 2. The number of rotatable bonds is 3. The molecule has 0 unspecified atom stereocenters. The molecule has 2 aromatic carbocycles. The van der Waals surface area contributed by atoms with Crippen LogP contribution < -0.4 is 5.56 Å². The van der Waals surface area contributed by atoms with E-state index in [1.165, 1.54) is 29.8 Å². The van der Waals surface area contributed by atoms with Gasteiger partial charge in [-0.25, -0.2) is 4.68 Å². The molecule has 10 heteroatoms. The van der Waals surface area contributed by atoms with Crippen LogP contribution in [0.4, 0.5) is 0 Å². The maximum Gasteiger partial charge on any atom is 0.316 e. The molecule has 4 aromatic rings. The van der Waals surface area contributed by atoms with Crippen molar-refractivity contribution in [3.8, 4) is 11.8 Å². The van der Waals surface area contributed by atoms with E-state index >= 15 is 0 Å². The number of amides is 2. The molecule has 0 aliphatic rings. The van der Waals surface area contributed by atoms with Crippen molar-refractivity contribution >= 4 is 33.4 Å². The molecule has 156 valence electrons. The Morgan fingerprint density at radius 2 is 1.58 bits per heavy atom. The van der Waals surface area contributed by atoms with Gasteiger partial charge in [0.15, 0.2) is 5.69 Å². The first kappa shape index (κ1) is 20.0. The molecule has 31 heavy (non-hydrogen) atoms. The van der Waals surface area contributed by atoms with Gasteiger partial charge in [0.25, 0.3) is 11.5 Å². The number of carbonyl (C=O) groups is 2. The molecule has 0 saturated carbocycles. The van der Waals surface area contributed by atoms with Crippen LogP contribution in [0, 0.1) is 0 Å². The van der Waals surface area contributed by atoms with E-state index in [2.05, 4.69) is 15.3 Å². The summed E-state index contributed by atoms with van der Waals surface area (Å²) in [5, 5.41) is 32.3. The predicted molar refractivity (Wildman–Crippen MR) is 111 cm³/mol. The number of azo groups is 1. The van der Waals surface area contributed by atoms with Gasteiger partial charge in [-0.05, 0) is 31.2 Å². The lowest BCUT2D eigenvalue weighted by Crippen LogP contribution is -2.24. The van der Waals surface area contributed by atoms with Gasteiger partial charge >= 0.3 is 5.91 Å². The first-order valence-electron chi connectivity index (χ1n) is 9.34. The summed E-state index contributed by atoms with van der Waals surface area (Å²) in [6.07, 6.45) is 0. The van der Waals surface area contributed by atoms with Crippen molar-refractivity contribution in [2.24, 2.45) is 17.3 Å². The third-order valence-electron chi connectivity index (χ3n) is 4.99. The zero-order valence-corrected chi connectivity index (χ0v) is 16.6. The Labute approximate surface area is 174 Å². The van der Waals surface area contributed by atoms with E-state index in [9.17, 15) is 24.6 Å². The summed E-state index contributed by atoms with van der Waals surface area (Å²) in [6, 6.07) is 10.7. The summed E-state index contributed by atoms with van der Waals surface area (Å²) >= 11 is 0. The van der Waals surface area contributed by atoms with Gasteiger partial charge in [-0.2, -0.15) is 5.10 Å². The Morgan fingerprint density at radius 1 is 0.935 bits per heavy atom. The highest BCUT2D eigenvalue weighted by Crippen LogP contribution is 2.35. The average molecular weight is 419 g/mol. The van der Waals surface area contributed by atoms with Crippen molar-refractivity contribution in [3.63, 3.8) is 0 Å². The molecule has 0 fully saturated rings. The Hall–Kier alpha value is -4.34. The van der Waals surface area contributed by atoms with Gasteiger partial charge in [0.2, 0.25) is 11.8 Å². The molecular weight excluding hydrogens is 402 g/mol. The third kappa shape index (κ3) is 3.23. The van der Waals surface area contributed by atoms with Gasteiger partial charge < -0.3 is 10.2 Å². The van der Waals surface area contributed by atoms with Gasteiger partial charge in [0.05, 0.1) is 5.39 Å². The van der Waals surface area contributed by atoms with Crippen molar-refractivity contribution < 1.29 is 19.8 Å². The molecule has 0 saturated heterocycles. The highest BCUT2D eigenvalue weighted by molar-refractivity contribution is 6.06. The fourth-order valence-corrected chi connectivity index (χ4v) is 3.32. The van der Waals surface area contributed by atoms with Crippen LogP contribution in [0.2, 0.25) is 0 Å². The van der Waals surface area contributed by atoms with Gasteiger partial charge in [0.1, 0.15) is 0 Å². The molecule has 10 nitrogen and oxygen atoms in total. The Morgan fingerprint density at radius 3 is 2.29 bits per heavy atom. The molecule has 0 radical (unpaired) electrons. The van der Waals surface area contributed by atoms with Crippen LogP contribution in [0.1, 0.15) is 27.8 Å². The van der Waals surface area contributed by atoms with Crippen molar-refractivity contribution in [3.05, 3.63) is 64.1 Å². The van der Waals surface area contributed by atoms with Gasteiger partial charge in [0, 0.05) is 35.3 Å². The largest absolute Gasteiger partial charge is 0.494 e. The van der Waals surface area contributed by atoms with E-state index in [4.69, 9.17) is 0 Å². The topological polar surface area (TPSA) is 139 Å². The minimum absolute atomic E-state index is 0.0706. The number of aromatic hydroxyl groups is 2. The first-order valence-corrected chi connectivity index (χ1v) is 9.34. The Bertz CT molecular complexity index is 1460. The minimum Gasteiger partial charge on any atom is -0.494 e. The van der Waals surface area contributed by atoms with Crippen LogP contribution in [-0.2, 0) is 13.6 Å². The zero-order chi connectivity index (χ0) is 22.3. The molecule has 0 aliphatic carbocycles. The maximum atomic E-state index is 12.6. The predicted octanol–water partition coefficient (Wildman–Crippen LogP) is 2.75. The molecule has 0 aliphatic heterocycles. The second kappa shape index (κ2) is 7.48. The monoisotopic (exact) mass is 419 g/mol. The van der Waals surface area contributed by atoms with E-state index in [1.807, 2.05) is 0 Å². The molecule has 0 atom stereocenters. The van der Waals surface area contributed by atoms with E-state index in [1.54, 1.807) is 31.2 Å². The molecule has 0 bridgehead atoms. The van der Waals surface area contributed by atoms with Crippen LogP contribution in [0.3, 0.4) is 0 Å². The van der Waals surface area contributed by atoms with Crippen LogP contribution >= 0.6 is 0 Å². The number of fused-ring (bicyclic) bond motifs is 2. The highest BCUT2D eigenvalue weighted by Gasteiger charge is 2.18. The second-order valence-electron chi connectivity index (χ2n) is 6.79. The van der Waals surface area contributed by atoms with Crippen molar-refractivity contribution in [2.75, 3.05) is 0 Å². The summed E-state index contributed by atoms with van der Waals surface area (Å²) < 4.78 is 2.31. The molecular formula is C21H17N5O5. The third-order valence-corrected chi connectivity index (χ3v) is 4.99. The normalized spacial score (nSPS) is 11.5. The number of hydrogen-bond acceptors (Lipinski definition) is 6. The zero-order valence-electron chi connectivity index (χ0n) is 16.6. The summed E-state index contributed by atoms with van der Waals surface area (Å²) in [6.45, 7) is 1.98. The van der Waals surface area contributed by atoms with Crippen LogP contribution in [0.15, 0.2) is 57.5 Å². The van der Waals surface area contributed by atoms with Crippen molar-refractivity contribution in [1.82, 2.24) is 14.3 Å².